The van der Waals surface area contributed by atoms with Crippen LogP contribution in [0.15, 0.2) is 30.3 Å². The van der Waals surface area contributed by atoms with E-state index in [1.54, 1.807) is 7.11 Å². The molecule has 0 aliphatic carbocycles. The van der Waals surface area contributed by atoms with E-state index in [1.165, 1.54) is 0 Å². The first-order valence-electron chi connectivity index (χ1n) is 8.15. The molecule has 0 unspecified atom stereocenters. The second-order valence-electron chi connectivity index (χ2n) is 5.30. The lowest BCUT2D eigenvalue weighted by molar-refractivity contribution is 0.0937. The summed E-state index contributed by atoms with van der Waals surface area (Å²) in [5.41, 5.74) is 13.0. The molecule has 25 heavy (non-hydrogen) atoms. The molecule has 136 valence electrons. The summed E-state index contributed by atoms with van der Waals surface area (Å²) in [5.74, 6) is 0.785. The maximum absolute atomic E-state index is 6.08. The molecule has 0 saturated heterocycles. The van der Waals surface area contributed by atoms with Crippen molar-refractivity contribution in [2.24, 2.45) is 0 Å². The van der Waals surface area contributed by atoms with Crippen LogP contribution >= 0.6 is 0 Å². The Bertz CT molecular complexity index is 640. The fourth-order valence-electron chi connectivity index (χ4n) is 2.07. The van der Waals surface area contributed by atoms with Crippen molar-refractivity contribution in [3.05, 3.63) is 30.3 Å². The Morgan fingerprint density at radius 3 is 2.40 bits per heavy atom. The SMILES string of the molecule is COCCCOCCCOc1nc(N)nc(Nc2ccccc2)c1N. The molecular weight excluding hydrogens is 322 g/mol. The van der Waals surface area contributed by atoms with E-state index in [2.05, 4.69) is 15.3 Å². The van der Waals surface area contributed by atoms with Crippen molar-refractivity contribution < 1.29 is 14.2 Å². The van der Waals surface area contributed by atoms with Crippen LogP contribution in [0.1, 0.15) is 12.8 Å². The van der Waals surface area contributed by atoms with Gasteiger partial charge in [0.15, 0.2) is 5.82 Å². The van der Waals surface area contributed by atoms with Gasteiger partial charge in [-0.1, -0.05) is 18.2 Å². The minimum Gasteiger partial charge on any atom is -0.476 e. The predicted molar refractivity (Wildman–Crippen MR) is 98.0 cm³/mol. The Kier molecular flexibility index (Phi) is 7.74. The normalized spacial score (nSPS) is 10.6. The van der Waals surface area contributed by atoms with E-state index in [9.17, 15) is 0 Å². The Labute approximate surface area is 147 Å². The third-order valence-electron chi connectivity index (χ3n) is 3.27. The Balaban J connectivity index is 1.84. The lowest BCUT2D eigenvalue weighted by Gasteiger charge is -2.13. The molecule has 2 aromatic rings. The van der Waals surface area contributed by atoms with Crippen LogP contribution < -0.4 is 21.5 Å². The molecular formula is C17H25N5O3. The average Bonchev–Trinajstić information content (AvgIpc) is 2.62. The topological polar surface area (TPSA) is 118 Å². The van der Waals surface area contributed by atoms with Crippen molar-refractivity contribution in [3.63, 3.8) is 0 Å². The molecule has 8 nitrogen and oxygen atoms in total. The summed E-state index contributed by atoms with van der Waals surface area (Å²) in [6, 6.07) is 9.55. The number of benzene rings is 1. The highest BCUT2D eigenvalue weighted by atomic mass is 16.5. The second kappa shape index (κ2) is 10.3. The number of aromatic nitrogens is 2. The number of nitrogens with two attached hydrogens (primary N) is 2. The third kappa shape index (κ3) is 6.44. The van der Waals surface area contributed by atoms with Crippen LogP contribution in [0.3, 0.4) is 0 Å². The number of methoxy groups -OCH3 is 1. The quantitative estimate of drug-likeness (QED) is 0.530. The average molecular weight is 347 g/mol. The van der Waals surface area contributed by atoms with Crippen LogP contribution in [0.4, 0.5) is 23.1 Å². The monoisotopic (exact) mass is 347 g/mol. The van der Waals surface area contributed by atoms with Crippen LogP contribution in [0.25, 0.3) is 0 Å². The van der Waals surface area contributed by atoms with Gasteiger partial charge in [-0.15, -0.1) is 0 Å². The van der Waals surface area contributed by atoms with Gasteiger partial charge < -0.3 is 31.0 Å². The summed E-state index contributed by atoms with van der Waals surface area (Å²) >= 11 is 0. The number of rotatable bonds is 11. The maximum Gasteiger partial charge on any atom is 0.244 e. The number of nitrogen functional groups attached to an aromatic ring is 2. The first-order valence-corrected chi connectivity index (χ1v) is 8.15. The lowest BCUT2D eigenvalue weighted by Crippen LogP contribution is -2.10. The molecule has 2 rings (SSSR count). The van der Waals surface area contributed by atoms with Crippen molar-refractivity contribution in [2.75, 3.05) is 50.3 Å². The molecule has 8 heteroatoms. The molecule has 1 aromatic heterocycles. The van der Waals surface area contributed by atoms with Crippen molar-refractivity contribution in [1.29, 1.82) is 0 Å². The van der Waals surface area contributed by atoms with Gasteiger partial charge in [0.1, 0.15) is 5.69 Å². The third-order valence-corrected chi connectivity index (χ3v) is 3.27. The van der Waals surface area contributed by atoms with Crippen LogP contribution in [0.5, 0.6) is 5.88 Å². The first-order chi connectivity index (χ1) is 12.2. The van der Waals surface area contributed by atoms with Crippen LogP contribution in [-0.4, -0.2) is 43.5 Å². The van der Waals surface area contributed by atoms with Gasteiger partial charge in [-0.25, -0.2) is 0 Å². The Morgan fingerprint density at radius 1 is 0.960 bits per heavy atom. The molecule has 0 saturated carbocycles. The van der Waals surface area contributed by atoms with Crippen molar-refractivity contribution in [2.45, 2.75) is 12.8 Å². The number of anilines is 4. The van der Waals surface area contributed by atoms with E-state index >= 15 is 0 Å². The van der Waals surface area contributed by atoms with Gasteiger partial charge in [-0.3, -0.25) is 0 Å². The second-order valence-corrected chi connectivity index (χ2v) is 5.30. The molecule has 0 atom stereocenters. The van der Waals surface area contributed by atoms with Crippen molar-refractivity contribution in [3.8, 4) is 5.88 Å². The van der Waals surface area contributed by atoms with Gasteiger partial charge in [0.05, 0.1) is 6.61 Å². The fraction of sp³-hybridized carbons (Fsp3) is 0.412. The predicted octanol–water partition coefficient (Wildman–Crippen LogP) is 2.21. The largest absolute Gasteiger partial charge is 0.476 e. The van der Waals surface area contributed by atoms with Crippen LogP contribution in [0.2, 0.25) is 0 Å². The molecule has 5 N–H and O–H groups in total. The van der Waals surface area contributed by atoms with Crippen LogP contribution in [0, 0.1) is 0 Å². The highest BCUT2D eigenvalue weighted by Crippen LogP contribution is 2.29. The standard InChI is InChI=1S/C17H25N5O3/c1-23-9-5-10-24-11-6-12-25-16-14(18)15(21-17(19)22-16)20-13-7-3-2-4-8-13/h2-4,7-8H,5-6,9-12,18H2,1H3,(H3,19,20,21,22). The number of nitrogens with one attached hydrogen (secondary N) is 1. The minimum atomic E-state index is 0.0958. The molecule has 0 aliphatic heterocycles. The zero-order valence-electron chi connectivity index (χ0n) is 14.4. The van der Waals surface area contributed by atoms with Crippen molar-refractivity contribution in [1.82, 2.24) is 9.97 Å². The van der Waals surface area contributed by atoms with Gasteiger partial charge in [-0.2, -0.15) is 9.97 Å². The van der Waals surface area contributed by atoms with Gasteiger partial charge in [-0.05, 0) is 18.6 Å². The molecule has 0 bridgehead atoms. The van der Waals surface area contributed by atoms with E-state index in [0.29, 0.717) is 37.9 Å². The van der Waals surface area contributed by atoms with Gasteiger partial charge >= 0.3 is 0 Å². The molecule has 0 fully saturated rings. The van der Waals surface area contributed by atoms with Gasteiger partial charge in [0, 0.05) is 39.0 Å². The summed E-state index contributed by atoms with van der Waals surface area (Å²) < 4.78 is 16.0. The summed E-state index contributed by atoms with van der Waals surface area (Å²) in [7, 11) is 1.67. The molecule has 0 amide bonds. The van der Waals surface area contributed by atoms with E-state index in [1.807, 2.05) is 30.3 Å². The van der Waals surface area contributed by atoms with Gasteiger partial charge in [0.2, 0.25) is 11.8 Å². The number of ether oxygens (including phenoxy) is 3. The highest BCUT2D eigenvalue weighted by molar-refractivity contribution is 5.73. The summed E-state index contributed by atoms with van der Waals surface area (Å²) in [6.07, 6.45) is 1.60. The molecule has 0 radical (unpaired) electrons. The number of nitrogens with zero attached hydrogens (tertiary/aromatic N) is 2. The molecule has 0 aliphatic rings. The van der Waals surface area contributed by atoms with E-state index in [0.717, 1.165) is 18.5 Å². The molecule has 1 aromatic carbocycles. The Morgan fingerprint density at radius 2 is 1.68 bits per heavy atom. The van der Waals surface area contributed by atoms with E-state index in [4.69, 9.17) is 25.7 Å². The summed E-state index contributed by atoms with van der Waals surface area (Å²) in [6.45, 7) is 2.39. The zero-order chi connectivity index (χ0) is 17.9. The van der Waals surface area contributed by atoms with Crippen LogP contribution in [-0.2, 0) is 9.47 Å². The fourth-order valence-corrected chi connectivity index (χ4v) is 2.07. The van der Waals surface area contributed by atoms with E-state index in [-0.39, 0.29) is 11.8 Å². The summed E-state index contributed by atoms with van der Waals surface area (Å²) in [5, 5.41) is 3.11. The number of para-hydroxylation sites is 1. The molecule has 0 spiro atoms. The zero-order valence-corrected chi connectivity index (χ0v) is 14.4. The first kappa shape index (κ1) is 18.8. The maximum atomic E-state index is 6.08. The smallest absolute Gasteiger partial charge is 0.244 e. The lowest BCUT2D eigenvalue weighted by atomic mass is 10.3. The molecule has 1 heterocycles. The van der Waals surface area contributed by atoms with E-state index < -0.39 is 0 Å². The number of hydrogen-bond acceptors (Lipinski definition) is 8. The Hall–Kier alpha value is -2.58. The summed E-state index contributed by atoms with van der Waals surface area (Å²) in [4.78, 5) is 8.18. The number of hydrogen-bond donors (Lipinski definition) is 3. The van der Waals surface area contributed by atoms with Crippen molar-refractivity contribution >= 4 is 23.1 Å². The van der Waals surface area contributed by atoms with Gasteiger partial charge in [0.25, 0.3) is 0 Å². The minimum absolute atomic E-state index is 0.0958. The highest BCUT2D eigenvalue weighted by Gasteiger charge is 2.12.